The number of allylic oxidation sites excluding steroid dienone is 4. The van der Waals surface area contributed by atoms with Gasteiger partial charge in [0.1, 0.15) is 5.75 Å². The minimum Gasteiger partial charge on any atom is -0.497 e. The van der Waals surface area contributed by atoms with Crippen LogP contribution in [0.25, 0.3) is 6.08 Å². The molecule has 0 aromatic heterocycles. The van der Waals surface area contributed by atoms with Gasteiger partial charge in [0, 0.05) is 5.57 Å². The van der Waals surface area contributed by atoms with Crippen molar-refractivity contribution in [3.63, 3.8) is 0 Å². The summed E-state index contributed by atoms with van der Waals surface area (Å²) in [7, 11) is 1.67. The molecule has 0 fully saturated rings. The molecule has 0 spiro atoms. The van der Waals surface area contributed by atoms with Crippen molar-refractivity contribution in [1.82, 2.24) is 0 Å². The highest BCUT2D eigenvalue weighted by Crippen LogP contribution is 2.13. The summed E-state index contributed by atoms with van der Waals surface area (Å²) in [5, 5.41) is 0. The van der Waals surface area contributed by atoms with Gasteiger partial charge in [-0.05, 0) is 35.9 Å². The van der Waals surface area contributed by atoms with Crippen LogP contribution in [0.5, 0.6) is 5.75 Å². The van der Waals surface area contributed by atoms with Crippen molar-refractivity contribution in [2.45, 2.75) is 0 Å². The molecule has 1 aliphatic rings. The Kier molecular flexibility index (Phi) is 2.87. The number of methoxy groups -OCH3 is 1. The average Bonchev–Trinajstić information content (AvgIpc) is 2.80. The van der Waals surface area contributed by atoms with Gasteiger partial charge in [-0.15, -0.1) is 5.73 Å². The van der Waals surface area contributed by atoms with E-state index < -0.39 is 0 Å². The summed E-state index contributed by atoms with van der Waals surface area (Å²) in [4.78, 5) is 0. The van der Waals surface area contributed by atoms with Crippen LogP contribution >= 0.6 is 0 Å². The highest BCUT2D eigenvalue weighted by molar-refractivity contribution is 5.56. The summed E-state index contributed by atoms with van der Waals surface area (Å²) in [6.07, 6.45) is 10.0. The minimum atomic E-state index is 0.882. The van der Waals surface area contributed by atoms with Crippen molar-refractivity contribution >= 4 is 6.08 Å². The molecular weight excluding hydrogens is 184 g/mol. The fourth-order valence-electron chi connectivity index (χ4n) is 1.35. The first-order valence-electron chi connectivity index (χ1n) is 4.84. The van der Waals surface area contributed by atoms with Crippen LogP contribution in [0.1, 0.15) is 5.56 Å². The van der Waals surface area contributed by atoms with E-state index in [1.807, 2.05) is 48.6 Å². The quantitative estimate of drug-likeness (QED) is 0.673. The standard InChI is InChI=1S/C14H12O/c1-15-14-10-8-13(9-11-14)7-6-12-4-2-3-5-12/h2-4,6-11H,1H3/b7-6+. The van der Waals surface area contributed by atoms with Crippen molar-refractivity contribution in [1.29, 1.82) is 0 Å². The molecule has 2 rings (SSSR count). The lowest BCUT2D eigenvalue weighted by Gasteiger charge is -1.98. The molecule has 1 nitrogen and oxygen atoms in total. The Balaban J connectivity index is 2.11. The van der Waals surface area contributed by atoms with Gasteiger partial charge in [0.15, 0.2) is 0 Å². The molecule has 0 radical (unpaired) electrons. The van der Waals surface area contributed by atoms with Gasteiger partial charge in [0.05, 0.1) is 7.11 Å². The highest BCUT2D eigenvalue weighted by Gasteiger charge is 1.91. The molecule has 0 bridgehead atoms. The number of hydrogen-bond acceptors (Lipinski definition) is 1. The van der Waals surface area contributed by atoms with Crippen LogP contribution in [0.4, 0.5) is 0 Å². The summed E-state index contributed by atoms with van der Waals surface area (Å²) in [5.41, 5.74) is 5.38. The van der Waals surface area contributed by atoms with Crippen LogP contribution in [0, 0.1) is 0 Å². The van der Waals surface area contributed by atoms with Gasteiger partial charge in [-0.2, -0.15) is 0 Å². The zero-order chi connectivity index (χ0) is 10.5. The molecule has 0 N–H and O–H groups in total. The molecule has 0 atom stereocenters. The van der Waals surface area contributed by atoms with Gasteiger partial charge >= 0.3 is 0 Å². The fourth-order valence-corrected chi connectivity index (χ4v) is 1.35. The maximum absolute atomic E-state index is 5.09. The molecule has 1 aromatic carbocycles. The first-order chi connectivity index (χ1) is 7.38. The highest BCUT2D eigenvalue weighted by atomic mass is 16.5. The summed E-state index contributed by atoms with van der Waals surface area (Å²) in [5.74, 6) is 0.882. The topological polar surface area (TPSA) is 9.23 Å². The van der Waals surface area contributed by atoms with Crippen LogP contribution in [0.3, 0.4) is 0 Å². The number of benzene rings is 1. The molecule has 15 heavy (non-hydrogen) atoms. The Morgan fingerprint density at radius 1 is 1.13 bits per heavy atom. The summed E-state index contributed by atoms with van der Waals surface area (Å²) in [6, 6.07) is 7.96. The van der Waals surface area contributed by atoms with Crippen LogP contribution < -0.4 is 4.74 Å². The molecule has 1 aliphatic carbocycles. The van der Waals surface area contributed by atoms with Crippen LogP contribution in [0.15, 0.2) is 59.9 Å². The van der Waals surface area contributed by atoms with E-state index in [1.165, 1.54) is 0 Å². The van der Waals surface area contributed by atoms with Crippen molar-refractivity contribution in [2.24, 2.45) is 0 Å². The number of rotatable bonds is 3. The Morgan fingerprint density at radius 3 is 2.53 bits per heavy atom. The van der Waals surface area contributed by atoms with E-state index in [2.05, 4.69) is 11.8 Å². The van der Waals surface area contributed by atoms with Gasteiger partial charge in [0.2, 0.25) is 0 Å². The van der Waals surface area contributed by atoms with E-state index in [9.17, 15) is 0 Å². The largest absolute Gasteiger partial charge is 0.497 e. The molecule has 0 saturated heterocycles. The predicted molar refractivity (Wildman–Crippen MR) is 62.8 cm³/mol. The SMILES string of the molecule is COc1ccc(/C=C/C2=C=CC=C2)cc1. The van der Waals surface area contributed by atoms with Crippen molar-refractivity contribution in [3.8, 4) is 5.75 Å². The molecule has 0 unspecified atom stereocenters. The van der Waals surface area contributed by atoms with Crippen molar-refractivity contribution < 1.29 is 4.74 Å². The lowest BCUT2D eigenvalue weighted by Crippen LogP contribution is -1.81. The number of hydrogen-bond donors (Lipinski definition) is 0. The minimum absolute atomic E-state index is 0.882. The van der Waals surface area contributed by atoms with Gasteiger partial charge in [-0.1, -0.05) is 24.3 Å². The summed E-state index contributed by atoms with van der Waals surface area (Å²) in [6.45, 7) is 0. The zero-order valence-electron chi connectivity index (χ0n) is 8.60. The van der Waals surface area contributed by atoms with Gasteiger partial charge < -0.3 is 4.74 Å². The maximum Gasteiger partial charge on any atom is 0.118 e. The van der Waals surface area contributed by atoms with Crippen molar-refractivity contribution in [3.05, 3.63) is 65.4 Å². The molecule has 1 aromatic rings. The lowest BCUT2D eigenvalue weighted by molar-refractivity contribution is 0.415. The second kappa shape index (κ2) is 4.50. The van der Waals surface area contributed by atoms with E-state index in [-0.39, 0.29) is 0 Å². The molecule has 74 valence electrons. The Hall–Kier alpha value is -1.98. The van der Waals surface area contributed by atoms with E-state index in [4.69, 9.17) is 4.74 Å². The molecule has 0 heterocycles. The first-order valence-corrected chi connectivity index (χ1v) is 4.84. The Labute approximate surface area is 89.7 Å². The summed E-state index contributed by atoms with van der Waals surface area (Å²) < 4.78 is 5.09. The Morgan fingerprint density at radius 2 is 1.93 bits per heavy atom. The molecule has 0 aliphatic heterocycles. The van der Waals surface area contributed by atoms with E-state index in [0.717, 1.165) is 16.9 Å². The molecule has 0 saturated carbocycles. The van der Waals surface area contributed by atoms with Crippen molar-refractivity contribution in [2.75, 3.05) is 7.11 Å². The first kappa shape index (κ1) is 9.57. The zero-order valence-corrected chi connectivity index (χ0v) is 8.60. The van der Waals surface area contributed by atoms with Crippen LogP contribution in [-0.4, -0.2) is 7.11 Å². The maximum atomic E-state index is 5.09. The van der Waals surface area contributed by atoms with E-state index in [0.29, 0.717) is 0 Å². The normalized spacial score (nSPS) is 13.5. The summed E-state index contributed by atoms with van der Waals surface area (Å²) >= 11 is 0. The van der Waals surface area contributed by atoms with Crippen LogP contribution in [0.2, 0.25) is 0 Å². The molecular formula is C14H12O. The molecule has 0 amide bonds. The second-order valence-electron chi connectivity index (χ2n) is 3.23. The lowest BCUT2D eigenvalue weighted by atomic mass is 10.1. The smallest absolute Gasteiger partial charge is 0.118 e. The van der Waals surface area contributed by atoms with Crippen LogP contribution in [-0.2, 0) is 0 Å². The third-order valence-electron chi connectivity index (χ3n) is 2.19. The third-order valence-corrected chi connectivity index (χ3v) is 2.19. The number of ether oxygens (including phenoxy) is 1. The monoisotopic (exact) mass is 196 g/mol. The fraction of sp³-hybridized carbons (Fsp3) is 0.0714. The van der Waals surface area contributed by atoms with Gasteiger partial charge in [0.25, 0.3) is 0 Å². The predicted octanol–water partition coefficient (Wildman–Crippen LogP) is 3.36. The Bertz CT molecular complexity index is 455. The van der Waals surface area contributed by atoms with E-state index in [1.54, 1.807) is 7.11 Å². The van der Waals surface area contributed by atoms with Gasteiger partial charge in [-0.3, -0.25) is 0 Å². The third kappa shape index (κ3) is 2.49. The molecule has 1 heteroatoms. The second-order valence-corrected chi connectivity index (χ2v) is 3.23. The van der Waals surface area contributed by atoms with E-state index >= 15 is 0 Å². The van der Waals surface area contributed by atoms with Gasteiger partial charge in [-0.25, -0.2) is 0 Å². The average molecular weight is 196 g/mol.